The Morgan fingerprint density at radius 3 is 2.68 bits per heavy atom. The number of aromatic nitrogens is 1. The number of β-amino-alcohol motifs (C(OH)–C–C–N with tert-alkyl or cyclic N) is 1. The van der Waals surface area contributed by atoms with Crippen molar-refractivity contribution in [2.75, 3.05) is 13.1 Å². The Labute approximate surface area is 108 Å². The van der Waals surface area contributed by atoms with Gasteiger partial charge in [0.1, 0.15) is 0 Å². The fourth-order valence-electron chi connectivity index (χ4n) is 2.04. The number of fused-ring (bicyclic) bond motifs is 1. The van der Waals surface area contributed by atoms with E-state index >= 15 is 0 Å². The molecule has 1 saturated heterocycles. The van der Waals surface area contributed by atoms with E-state index in [0.29, 0.717) is 5.52 Å². The summed E-state index contributed by atoms with van der Waals surface area (Å²) >= 11 is 0. The van der Waals surface area contributed by atoms with Crippen molar-refractivity contribution in [2.45, 2.75) is 11.0 Å². The van der Waals surface area contributed by atoms with Gasteiger partial charge in [0.2, 0.25) is 10.0 Å². The summed E-state index contributed by atoms with van der Waals surface area (Å²) in [4.78, 5) is 11.4. The number of sulfonamides is 1. The predicted octanol–water partition coefficient (Wildman–Crippen LogP) is -0.503. The van der Waals surface area contributed by atoms with Gasteiger partial charge in [-0.1, -0.05) is 0 Å². The molecule has 19 heavy (non-hydrogen) atoms. The minimum atomic E-state index is -3.63. The summed E-state index contributed by atoms with van der Waals surface area (Å²) < 4.78 is 31.8. The van der Waals surface area contributed by atoms with E-state index in [1.165, 1.54) is 27.1 Å². The van der Waals surface area contributed by atoms with Crippen LogP contribution in [0.15, 0.2) is 32.3 Å². The highest BCUT2D eigenvalue weighted by Crippen LogP contribution is 2.24. The molecule has 1 fully saturated rings. The average molecular weight is 284 g/mol. The predicted molar refractivity (Wildman–Crippen MR) is 66.2 cm³/mol. The quantitative estimate of drug-likeness (QED) is 0.802. The Bertz CT molecular complexity index is 798. The number of oxazole rings is 1. The van der Waals surface area contributed by atoms with E-state index in [1.54, 1.807) is 7.05 Å². The number of aliphatic hydroxyl groups is 1. The van der Waals surface area contributed by atoms with Crippen molar-refractivity contribution in [3.05, 3.63) is 28.7 Å². The lowest BCUT2D eigenvalue weighted by molar-refractivity contribution is 0.0548. The van der Waals surface area contributed by atoms with Crippen LogP contribution in [-0.4, -0.2) is 41.6 Å². The normalized spacial score (nSPS) is 17.8. The highest BCUT2D eigenvalue weighted by molar-refractivity contribution is 7.89. The van der Waals surface area contributed by atoms with Crippen LogP contribution in [0.1, 0.15) is 0 Å². The van der Waals surface area contributed by atoms with Crippen LogP contribution in [0.4, 0.5) is 0 Å². The summed E-state index contributed by atoms with van der Waals surface area (Å²) in [6.07, 6.45) is -0.604. The summed E-state index contributed by atoms with van der Waals surface area (Å²) in [6.45, 7) is 0.193. The van der Waals surface area contributed by atoms with Gasteiger partial charge in [-0.2, -0.15) is 4.31 Å². The van der Waals surface area contributed by atoms with E-state index in [9.17, 15) is 18.3 Å². The molecule has 3 rings (SSSR count). The van der Waals surface area contributed by atoms with Gasteiger partial charge in [-0.3, -0.25) is 4.57 Å². The van der Waals surface area contributed by atoms with Gasteiger partial charge in [0.15, 0.2) is 5.58 Å². The first-order valence-electron chi connectivity index (χ1n) is 5.67. The van der Waals surface area contributed by atoms with Crippen LogP contribution in [0, 0.1) is 0 Å². The standard InChI is InChI=1S/C11H12N2O5S/c1-12-9-3-2-8(4-10(9)18-11(12)15)19(16,17)13-5-7(14)6-13/h2-4,7,14H,5-6H2,1H3. The molecular weight excluding hydrogens is 272 g/mol. The third-order valence-electron chi connectivity index (χ3n) is 3.23. The molecular formula is C11H12N2O5S. The van der Waals surface area contributed by atoms with E-state index in [2.05, 4.69) is 0 Å². The summed E-state index contributed by atoms with van der Waals surface area (Å²) in [5.41, 5.74) is 0.766. The number of hydrogen-bond acceptors (Lipinski definition) is 5. The third kappa shape index (κ3) is 1.79. The Morgan fingerprint density at radius 2 is 2.05 bits per heavy atom. The van der Waals surface area contributed by atoms with E-state index in [-0.39, 0.29) is 23.6 Å². The van der Waals surface area contributed by atoms with Crippen LogP contribution in [0.5, 0.6) is 0 Å². The molecule has 2 aromatic rings. The molecule has 0 spiro atoms. The van der Waals surface area contributed by atoms with Gasteiger partial charge in [0.05, 0.1) is 16.5 Å². The Kier molecular flexibility index (Phi) is 2.56. The van der Waals surface area contributed by atoms with E-state index in [0.717, 1.165) is 0 Å². The highest BCUT2D eigenvalue weighted by atomic mass is 32.2. The summed E-state index contributed by atoms with van der Waals surface area (Å²) in [5.74, 6) is -0.538. The van der Waals surface area contributed by atoms with Gasteiger partial charge in [0.25, 0.3) is 0 Å². The van der Waals surface area contributed by atoms with Gasteiger partial charge < -0.3 is 9.52 Å². The maximum atomic E-state index is 12.2. The first kappa shape index (κ1) is 12.4. The number of hydrogen-bond donors (Lipinski definition) is 1. The maximum Gasteiger partial charge on any atom is 0.419 e. The van der Waals surface area contributed by atoms with Crippen molar-refractivity contribution in [1.82, 2.24) is 8.87 Å². The summed E-state index contributed by atoms with van der Waals surface area (Å²) in [6, 6.07) is 4.29. The Hall–Kier alpha value is -1.64. The molecule has 0 bridgehead atoms. The average Bonchev–Trinajstić information content (AvgIpc) is 2.61. The smallest absolute Gasteiger partial charge is 0.408 e. The largest absolute Gasteiger partial charge is 0.419 e. The lowest BCUT2D eigenvalue weighted by Gasteiger charge is -2.34. The van der Waals surface area contributed by atoms with Crippen molar-refractivity contribution < 1.29 is 17.9 Å². The number of benzene rings is 1. The lowest BCUT2D eigenvalue weighted by atomic mass is 10.2. The molecule has 0 radical (unpaired) electrons. The molecule has 2 heterocycles. The fraction of sp³-hybridized carbons (Fsp3) is 0.364. The second-order valence-corrected chi connectivity index (χ2v) is 6.47. The minimum Gasteiger partial charge on any atom is -0.408 e. The molecule has 7 nitrogen and oxygen atoms in total. The van der Waals surface area contributed by atoms with Gasteiger partial charge in [-0.05, 0) is 12.1 Å². The molecule has 8 heteroatoms. The van der Waals surface area contributed by atoms with Crippen LogP contribution in [-0.2, 0) is 17.1 Å². The molecule has 1 aliphatic rings. The highest BCUT2D eigenvalue weighted by Gasteiger charge is 2.35. The molecule has 102 valence electrons. The second-order valence-electron chi connectivity index (χ2n) is 4.53. The van der Waals surface area contributed by atoms with Gasteiger partial charge in [-0.25, -0.2) is 13.2 Å². The lowest BCUT2D eigenvalue weighted by Crippen LogP contribution is -2.53. The summed E-state index contributed by atoms with van der Waals surface area (Å²) in [7, 11) is -2.08. The molecule has 1 aliphatic heterocycles. The molecule has 0 saturated carbocycles. The van der Waals surface area contributed by atoms with Crippen LogP contribution in [0.25, 0.3) is 11.1 Å². The van der Waals surface area contributed by atoms with Crippen LogP contribution >= 0.6 is 0 Å². The van der Waals surface area contributed by atoms with Crippen molar-refractivity contribution in [2.24, 2.45) is 7.05 Å². The Morgan fingerprint density at radius 1 is 1.37 bits per heavy atom. The van der Waals surface area contributed by atoms with E-state index in [1.807, 2.05) is 0 Å². The number of nitrogens with zero attached hydrogens (tertiary/aromatic N) is 2. The fourth-order valence-corrected chi connectivity index (χ4v) is 3.57. The zero-order chi connectivity index (χ0) is 13.8. The molecule has 0 aliphatic carbocycles. The van der Waals surface area contributed by atoms with Crippen LogP contribution in [0.2, 0.25) is 0 Å². The first-order chi connectivity index (χ1) is 8.89. The zero-order valence-corrected chi connectivity index (χ0v) is 10.9. The molecule has 1 aromatic carbocycles. The van der Waals surface area contributed by atoms with Crippen LogP contribution < -0.4 is 5.76 Å². The minimum absolute atomic E-state index is 0.0567. The number of aliphatic hydroxyl groups excluding tert-OH is 1. The second kappa shape index (κ2) is 3.92. The van der Waals surface area contributed by atoms with Crippen molar-refractivity contribution in [3.63, 3.8) is 0 Å². The van der Waals surface area contributed by atoms with Gasteiger partial charge in [0, 0.05) is 26.2 Å². The number of rotatable bonds is 2. The van der Waals surface area contributed by atoms with E-state index < -0.39 is 21.9 Å². The summed E-state index contributed by atoms with van der Waals surface area (Å²) in [5, 5.41) is 9.17. The maximum absolute atomic E-state index is 12.2. The van der Waals surface area contributed by atoms with Gasteiger partial charge >= 0.3 is 5.76 Å². The Balaban J connectivity index is 2.09. The molecule has 0 amide bonds. The third-order valence-corrected chi connectivity index (χ3v) is 5.06. The van der Waals surface area contributed by atoms with Gasteiger partial charge in [-0.15, -0.1) is 0 Å². The van der Waals surface area contributed by atoms with Crippen molar-refractivity contribution in [3.8, 4) is 0 Å². The van der Waals surface area contributed by atoms with E-state index in [4.69, 9.17) is 4.42 Å². The van der Waals surface area contributed by atoms with Crippen LogP contribution in [0.3, 0.4) is 0 Å². The zero-order valence-electron chi connectivity index (χ0n) is 10.1. The molecule has 0 unspecified atom stereocenters. The number of aryl methyl sites for hydroxylation is 1. The monoisotopic (exact) mass is 284 g/mol. The first-order valence-corrected chi connectivity index (χ1v) is 7.11. The van der Waals surface area contributed by atoms with Crippen molar-refractivity contribution >= 4 is 21.1 Å². The molecule has 1 aromatic heterocycles. The van der Waals surface area contributed by atoms with Crippen molar-refractivity contribution in [1.29, 1.82) is 0 Å². The topological polar surface area (TPSA) is 92.8 Å². The molecule has 0 atom stereocenters. The SMILES string of the molecule is Cn1c(=O)oc2cc(S(=O)(=O)N3CC(O)C3)ccc21. The molecule has 1 N–H and O–H groups in total.